The van der Waals surface area contributed by atoms with Gasteiger partial charge in [0.25, 0.3) is 5.91 Å². The molecule has 5 rings (SSSR count). The van der Waals surface area contributed by atoms with Gasteiger partial charge in [0, 0.05) is 18.7 Å². The molecular formula is C22H22N2O6. The van der Waals surface area contributed by atoms with E-state index in [1.54, 1.807) is 37.3 Å². The number of hydrogen-bond donors (Lipinski definition) is 0. The summed E-state index contributed by atoms with van der Waals surface area (Å²) in [6, 6.07) is 8.77. The molecule has 1 unspecified atom stereocenters. The molecule has 8 nitrogen and oxygen atoms in total. The first-order valence-corrected chi connectivity index (χ1v) is 9.82. The van der Waals surface area contributed by atoms with Crippen molar-refractivity contribution >= 4 is 11.8 Å². The average molecular weight is 410 g/mol. The van der Waals surface area contributed by atoms with E-state index in [1.165, 1.54) is 0 Å². The van der Waals surface area contributed by atoms with Crippen LogP contribution in [0.3, 0.4) is 0 Å². The van der Waals surface area contributed by atoms with Crippen LogP contribution < -0.4 is 18.9 Å². The molecule has 3 aliphatic heterocycles. The number of piperazine rings is 1. The molecule has 0 aromatic heterocycles. The summed E-state index contributed by atoms with van der Waals surface area (Å²) in [4.78, 5) is 29.5. The highest BCUT2D eigenvalue weighted by Gasteiger charge is 2.39. The monoisotopic (exact) mass is 410 g/mol. The second-order valence-corrected chi connectivity index (χ2v) is 7.51. The minimum Gasteiger partial charge on any atom is -0.493 e. The molecule has 0 bridgehead atoms. The van der Waals surface area contributed by atoms with E-state index in [2.05, 4.69) is 0 Å². The van der Waals surface area contributed by atoms with Crippen molar-refractivity contribution in [2.75, 3.05) is 40.6 Å². The van der Waals surface area contributed by atoms with Crippen molar-refractivity contribution in [2.45, 2.75) is 12.5 Å². The van der Waals surface area contributed by atoms with Crippen molar-refractivity contribution in [3.8, 4) is 23.0 Å². The van der Waals surface area contributed by atoms with E-state index in [-0.39, 0.29) is 31.2 Å². The lowest BCUT2D eigenvalue weighted by atomic mass is 9.90. The Morgan fingerprint density at radius 3 is 2.63 bits per heavy atom. The van der Waals surface area contributed by atoms with Crippen molar-refractivity contribution in [1.82, 2.24) is 9.80 Å². The van der Waals surface area contributed by atoms with Gasteiger partial charge in [0.2, 0.25) is 12.7 Å². The molecule has 2 amide bonds. The smallest absolute Gasteiger partial charge is 0.254 e. The molecule has 3 heterocycles. The van der Waals surface area contributed by atoms with E-state index in [0.717, 1.165) is 17.5 Å². The number of hydrogen-bond acceptors (Lipinski definition) is 6. The van der Waals surface area contributed by atoms with Gasteiger partial charge >= 0.3 is 0 Å². The van der Waals surface area contributed by atoms with E-state index in [0.29, 0.717) is 41.7 Å². The van der Waals surface area contributed by atoms with Gasteiger partial charge in [-0.25, -0.2) is 0 Å². The first-order valence-electron chi connectivity index (χ1n) is 9.82. The number of fused-ring (bicyclic) bond motifs is 4. The summed E-state index contributed by atoms with van der Waals surface area (Å²) in [5.74, 6) is 2.19. The molecule has 0 saturated carbocycles. The first kappa shape index (κ1) is 18.6. The van der Waals surface area contributed by atoms with Crippen molar-refractivity contribution in [1.29, 1.82) is 0 Å². The minimum absolute atomic E-state index is 0.0548. The summed E-state index contributed by atoms with van der Waals surface area (Å²) >= 11 is 0. The van der Waals surface area contributed by atoms with Crippen LogP contribution in [-0.4, -0.2) is 62.3 Å². The van der Waals surface area contributed by atoms with E-state index < -0.39 is 0 Å². The maximum absolute atomic E-state index is 13.2. The van der Waals surface area contributed by atoms with Crippen LogP contribution in [0, 0.1) is 0 Å². The fourth-order valence-electron chi connectivity index (χ4n) is 4.42. The molecule has 1 saturated heterocycles. The van der Waals surface area contributed by atoms with Gasteiger partial charge in [-0.1, -0.05) is 0 Å². The van der Waals surface area contributed by atoms with Crippen LogP contribution in [0.15, 0.2) is 30.3 Å². The van der Waals surface area contributed by atoms with E-state index in [1.807, 2.05) is 17.0 Å². The van der Waals surface area contributed by atoms with Crippen molar-refractivity contribution in [3.63, 3.8) is 0 Å². The summed E-state index contributed by atoms with van der Waals surface area (Å²) < 4.78 is 21.6. The molecule has 156 valence electrons. The molecule has 1 atom stereocenters. The van der Waals surface area contributed by atoms with E-state index in [9.17, 15) is 9.59 Å². The molecule has 0 N–H and O–H groups in total. The number of benzene rings is 2. The average Bonchev–Trinajstić information content (AvgIpc) is 3.25. The summed E-state index contributed by atoms with van der Waals surface area (Å²) in [7, 11) is 3.20. The molecule has 0 spiro atoms. The Hall–Kier alpha value is -3.42. The van der Waals surface area contributed by atoms with Crippen LogP contribution in [0.1, 0.15) is 27.5 Å². The lowest BCUT2D eigenvalue weighted by molar-refractivity contribution is -0.139. The standard InChI is InChI=1S/C22H22N2O6/c1-27-18-7-13-5-6-24-16(15(13)9-19(18)28-2)10-23(11-21(24)25)22(26)14-3-4-17-20(8-14)30-12-29-17/h3-4,7-9,16H,5-6,10-12H2,1-2H3. The Morgan fingerprint density at radius 1 is 1.07 bits per heavy atom. The number of rotatable bonds is 3. The Bertz CT molecular complexity index is 1040. The summed E-state index contributed by atoms with van der Waals surface area (Å²) in [5.41, 5.74) is 2.58. The molecule has 3 aliphatic rings. The highest BCUT2D eigenvalue weighted by Crippen LogP contribution is 2.40. The SMILES string of the molecule is COc1cc2c(cc1OC)C1CN(C(=O)c3ccc4c(c3)OCO4)CC(=O)N1CC2. The zero-order chi connectivity index (χ0) is 20.8. The largest absolute Gasteiger partial charge is 0.493 e. The minimum atomic E-state index is -0.215. The van der Waals surface area contributed by atoms with Crippen molar-refractivity contribution < 1.29 is 28.5 Å². The molecule has 1 fully saturated rings. The predicted molar refractivity (Wildman–Crippen MR) is 106 cm³/mol. The summed E-state index contributed by atoms with van der Waals surface area (Å²) in [5, 5.41) is 0. The first-order chi connectivity index (χ1) is 14.6. The number of carbonyl (C=O) groups excluding carboxylic acids is 2. The lowest BCUT2D eigenvalue weighted by Gasteiger charge is -2.44. The second kappa shape index (κ2) is 7.12. The molecule has 0 radical (unpaired) electrons. The van der Waals surface area contributed by atoms with Crippen LogP contribution in [0.25, 0.3) is 0 Å². The second-order valence-electron chi connectivity index (χ2n) is 7.51. The predicted octanol–water partition coefficient (Wildman–Crippen LogP) is 2.01. The maximum atomic E-state index is 13.2. The number of ether oxygens (including phenoxy) is 4. The number of carbonyl (C=O) groups is 2. The van der Waals surface area contributed by atoms with E-state index in [4.69, 9.17) is 18.9 Å². The van der Waals surface area contributed by atoms with Crippen LogP contribution >= 0.6 is 0 Å². The van der Waals surface area contributed by atoms with Gasteiger partial charge in [0.05, 0.1) is 20.3 Å². The fourth-order valence-corrected chi connectivity index (χ4v) is 4.42. The Morgan fingerprint density at radius 2 is 1.83 bits per heavy atom. The molecular weight excluding hydrogens is 388 g/mol. The molecule has 2 aromatic rings. The van der Waals surface area contributed by atoms with Gasteiger partial charge in [-0.05, 0) is 47.9 Å². The van der Waals surface area contributed by atoms with Crippen LogP contribution in [0.2, 0.25) is 0 Å². The van der Waals surface area contributed by atoms with Gasteiger partial charge in [0.1, 0.15) is 6.54 Å². The highest BCUT2D eigenvalue weighted by molar-refractivity contribution is 5.98. The van der Waals surface area contributed by atoms with Gasteiger partial charge in [-0.15, -0.1) is 0 Å². The molecule has 0 aliphatic carbocycles. The topological polar surface area (TPSA) is 77.5 Å². The number of methoxy groups -OCH3 is 2. The molecule has 2 aromatic carbocycles. The highest BCUT2D eigenvalue weighted by atomic mass is 16.7. The Labute approximate surface area is 173 Å². The lowest BCUT2D eigenvalue weighted by Crippen LogP contribution is -2.55. The van der Waals surface area contributed by atoms with Crippen molar-refractivity contribution in [2.24, 2.45) is 0 Å². The maximum Gasteiger partial charge on any atom is 0.254 e. The third-order valence-electron chi connectivity index (χ3n) is 5.95. The Balaban J connectivity index is 1.46. The molecule has 8 heteroatoms. The van der Waals surface area contributed by atoms with E-state index >= 15 is 0 Å². The van der Waals surface area contributed by atoms with Crippen molar-refractivity contribution in [3.05, 3.63) is 47.0 Å². The van der Waals surface area contributed by atoms with Gasteiger partial charge in [-0.2, -0.15) is 0 Å². The van der Waals surface area contributed by atoms with Crippen LogP contribution in [0.5, 0.6) is 23.0 Å². The normalized spacial score (nSPS) is 19.3. The third kappa shape index (κ3) is 2.91. The summed E-state index contributed by atoms with van der Waals surface area (Å²) in [6.07, 6.45) is 0.744. The van der Waals surface area contributed by atoms with Gasteiger partial charge < -0.3 is 28.7 Å². The summed E-state index contributed by atoms with van der Waals surface area (Å²) in [6.45, 7) is 1.25. The van der Waals surface area contributed by atoms with Crippen LogP contribution in [-0.2, 0) is 11.2 Å². The third-order valence-corrected chi connectivity index (χ3v) is 5.95. The quantitative estimate of drug-likeness (QED) is 0.771. The fraction of sp³-hybridized carbons (Fsp3) is 0.364. The zero-order valence-corrected chi connectivity index (χ0v) is 16.8. The van der Waals surface area contributed by atoms with Gasteiger partial charge in [0.15, 0.2) is 23.0 Å². The molecule has 30 heavy (non-hydrogen) atoms. The number of amides is 2. The van der Waals surface area contributed by atoms with Gasteiger partial charge in [-0.3, -0.25) is 9.59 Å². The van der Waals surface area contributed by atoms with Crippen LogP contribution in [0.4, 0.5) is 0 Å². The Kier molecular flexibility index (Phi) is 4.42. The number of nitrogens with zero attached hydrogens (tertiary/aromatic N) is 2. The zero-order valence-electron chi connectivity index (χ0n) is 16.8.